The maximum atomic E-state index is 12.5. The summed E-state index contributed by atoms with van der Waals surface area (Å²) in [5.41, 5.74) is 0. The van der Waals surface area contributed by atoms with Crippen molar-refractivity contribution in [3.63, 3.8) is 0 Å². The molecular formula is C9H12F5NO3. The molecule has 0 bridgehead atoms. The van der Waals surface area contributed by atoms with Crippen LogP contribution >= 0.6 is 0 Å². The number of hydrogen-bond acceptors (Lipinski definition) is 2. The fourth-order valence-corrected chi connectivity index (χ4v) is 0.979. The molecule has 0 saturated carbocycles. The van der Waals surface area contributed by atoms with Crippen LogP contribution in [-0.2, 0) is 9.59 Å². The van der Waals surface area contributed by atoms with Gasteiger partial charge in [0.05, 0.1) is 0 Å². The van der Waals surface area contributed by atoms with E-state index in [4.69, 9.17) is 5.11 Å². The first kappa shape index (κ1) is 16.6. The van der Waals surface area contributed by atoms with Gasteiger partial charge in [-0.25, -0.2) is 0 Å². The molecule has 0 aliphatic carbocycles. The molecular weight excluding hydrogens is 265 g/mol. The normalized spacial score (nSPS) is 14.1. The Kier molecular flexibility index (Phi) is 5.50. The summed E-state index contributed by atoms with van der Waals surface area (Å²) in [6.07, 6.45) is -6.14. The molecule has 0 radical (unpaired) electrons. The highest BCUT2D eigenvalue weighted by molar-refractivity contribution is 5.84. The minimum atomic E-state index is -5.94. The van der Waals surface area contributed by atoms with Crippen LogP contribution in [0.4, 0.5) is 22.0 Å². The van der Waals surface area contributed by atoms with Crippen molar-refractivity contribution in [2.45, 2.75) is 31.9 Å². The van der Waals surface area contributed by atoms with Crippen molar-refractivity contribution in [3.05, 3.63) is 0 Å². The number of carboxylic acids is 1. The zero-order valence-electron chi connectivity index (χ0n) is 9.35. The van der Waals surface area contributed by atoms with Gasteiger partial charge in [-0.15, -0.1) is 0 Å². The van der Waals surface area contributed by atoms with Crippen LogP contribution < -0.4 is 5.32 Å². The molecule has 0 aromatic carbocycles. The Balaban J connectivity index is 4.22. The predicted octanol–water partition coefficient (Wildman–Crippen LogP) is 1.80. The van der Waals surface area contributed by atoms with E-state index in [0.717, 1.165) is 0 Å². The number of carbonyl (C=O) groups is 2. The zero-order chi connectivity index (χ0) is 14.6. The van der Waals surface area contributed by atoms with Gasteiger partial charge < -0.3 is 10.4 Å². The summed E-state index contributed by atoms with van der Waals surface area (Å²) in [6.45, 7) is 0.979. The highest BCUT2D eigenvalue weighted by Crippen LogP contribution is 2.35. The van der Waals surface area contributed by atoms with Gasteiger partial charge in [-0.3, -0.25) is 9.59 Å². The second kappa shape index (κ2) is 5.96. The van der Waals surface area contributed by atoms with Crippen molar-refractivity contribution in [3.8, 4) is 0 Å². The van der Waals surface area contributed by atoms with Gasteiger partial charge in [0.25, 0.3) is 5.91 Å². The Morgan fingerprint density at radius 1 is 1.22 bits per heavy atom. The Labute approximate surface area is 99.2 Å². The molecule has 0 aromatic heterocycles. The Hall–Kier alpha value is -1.41. The van der Waals surface area contributed by atoms with E-state index >= 15 is 0 Å². The van der Waals surface area contributed by atoms with Crippen LogP contribution in [0.15, 0.2) is 0 Å². The minimum absolute atomic E-state index is 0.0627. The highest BCUT2D eigenvalue weighted by Gasteiger charge is 2.63. The van der Waals surface area contributed by atoms with Gasteiger partial charge in [-0.2, -0.15) is 22.0 Å². The third-order valence-corrected chi connectivity index (χ3v) is 2.10. The van der Waals surface area contributed by atoms with Crippen LogP contribution in [0.1, 0.15) is 19.8 Å². The number of amides is 1. The largest absolute Gasteiger partial charge is 0.481 e. The van der Waals surface area contributed by atoms with Crippen molar-refractivity contribution in [1.29, 1.82) is 0 Å². The summed E-state index contributed by atoms with van der Waals surface area (Å²) in [6, 6.07) is 0. The van der Waals surface area contributed by atoms with Crippen molar-refractivity contribution in [1.82, 2.24) is 5.32 Å². The van der Waals surface area contributed by atoms with E-state index in [1.165, 1.54) is 12.2 Å². The van der Waals surface area contributed by atoms with E-state index in [1.54, 1.807) is 0 Å². The van der Waals surface area contributed by atoms with Gasteiger partial charge in [0.15, 0.2) is 0 Å². The number of carboxylic acid groups (broad SMARTS) is 1. The fraction of sp³-hybridized carbons (Fsp3) is 0.778. The Morgan fingerprint density at radius 2 is 1.72 bits per heavy atom. The molecule has 106 valence electrons. The second-order valence-electron chi connectivity index (χ2n) is 3.82. The van der Waals surface area contributed by atoms with Crippen molar-refractivity contribution < 1.29 is 36.6 Å². The second-order valence-corrected chi connectivity index (χ2v) is 3.82. The lowest BCUT2D eigenvalue weighted by atomic mass is 10.1. The van der Waals surface area contributed by atoms with E-state index in [-0.39, 0.29) is 12.8 Å². The summed E-state index contributed by atoms with van der Waals surface area (Å²) >= 11 is 0. The fourth-order valence-electron chi connectivity index (χ4n) is 0.979. The average molecular weight is 277 g/mol. The Morgan fingerprint density at radius 3 is 2.11 bits per heavy atom. The topological polar surface area (TPSA) is 66.4 Å². The minimum Gasteiger partial charge on any atom is -0.481 e. The van der Waals surface area contributed by atoms with E-state index < -0.39 is 36.4 Å². The third-order valence-electron chi connectivity index (χ3n) is 2.10. The van der Waals surface area contributed by atoms with Gasteiger partial charge in [-0.1, -0.05) is 6.92 Å². The standard InChI is InChI=1S/C9H12F5NO3/c1-5(2-3-6(16)17)4-15-7(18)8(10,11)9(12,13)14/h5H,2-4H2,1H3,(H,15,18)(H,16,17). The summed E-state index contributed by atoms with van der Waals surface area (Å²) in [4.78, 5) is 20.8. The van der Waals surface area contributed by atoms with Crippen molar-refractivity contribution >= 4 is 11.9 Å². The van der Waals surface area contributed by atoms with E-state index in [0.29, 0.717) is 0 Å². The molecule has 1 unspecified atom stereocenters. The molecule has 2 N–H and O–H groups in total. The van der Waals surface area contributed by atoms with Crippen molar-refractivity contribution in [2.75, 3.05) is 6.54 Å². The van der Waals surface area contributed by atoms with E-state index in [2.05, 4.69) is 0 Å². The molecule has 0 aliphatic heterocycles. The number of hydrogen-bond donors (Lipinski definition) is 2. The summed E-state index contributed by atoms with van der Waals surface area (Å²) in [5.74, 6) is -9.51. The van der Waals surface area contributed by atoms with Crippen LogP contribution in [0.25, 0.3) is 0 Å². The number of rotatable bonds is 6. The first-order chi connectivity index (χ1) is 7.98. The van der Waals surface area contributed by atoms with E-state index in [9.17, 15) is 31.5 Å². The quantitative estimate of drug-likeness (QED) is 0.727. The smallest absolute Gasteiger partial charge is 0.463 e. The SMILES string of the molecule is CC(CCC(=O)O)CNC(=O)C(F)(F)C(F)(F)F. The molecule has 1 atom stereocenters. The zero-order valence-corrected chi connectivity index (χ0v) is 9.35. The molecule has 9 heteroatoms. The number of alkyl halides is 5. The number of nitrogens with one attached hydrogen (secondary N) is 1. The van der Waals surface area contributed by atoms with Gasteiger partial charge in [0, 0.05) is 13.0 Å². The van der Waals surface area contributed by atoms with Crippen LogP contribution in [0, 0.1) is 5.92 Å². The summed E-state index contributed by atoms with van der Waals surface area (Å²) < 4.78 is 60.2. The first-order valence-electron chi connectivity index (χ1n) is 4.93. The van der Waals surface area contributed by atoms with Crippen LogP contribution in [0.3, 0.4) is 0 Å². The predicted molar refractivity (Wildman–Crippen MR) is 50.0 cm³/mol. The maximum Gasteiger partial charge on any atom is 0.463 e. The van der Waals surface area contributed by atoms with Gasteiger partial charge in [-0.05, 0) is 12.3 Å². The molecule has 0 fully saturated rings. The number of aliphatic carboxylic acids is 1. The van der Waals surface area contributed by atoms with Crippen LogP contribution in [0.5, 0.6) is 0 Å². The monoisotopic (exact) mass is 277 g/mol. The summed E-state index contributed by atoms with van der Waals surface area (Å²) in [5, 5.41) is 9.77. The Bertz CT molecular complexity index is 316. The molecule has 1 amide bonds. The van der Waals surface area contributed by atoms with Gasteiger partial charge >= 0.3 is 18.1 Å². The molecule has 0 heterocycles. The summed E-state index contributed by atoms with van der Waals surface area (Å²) in [7, 11) is 0. The maximum absolute atomic E-state index is 12.5. The molecule has 0 rings (SSSR count). The third kappa shape index (κ3) is 4.84. The molecule has 0 saturated heterocycles. The lowest BCUT2D eigenvalue weighted by Crippen LogP contribution is -2.51. The molecule has 0 spiro atoms. The molecule has 18 heavy (non-hydrogen) atoms. The average Bonchev–Trinajstić information content (AvgIpc) is 2.21. The molecule has 0 aromatic rings. The van der Waals surface area contributed by atoms with Crippen LogP contribution in [0.2, 0.25) is 0 Å². The number of carbonyl (C=O) groups excluding carboxylic acids is 1. The lowest BCUT2D eigenvalue weighted by molar-refractivity contribution is -0.269. The number of halogens is 5. The van der Waals surface area contributed by atoms with Gasteiger partial charge in [0.1, 0.15) is 0 Å². The van der Waals surface area contributed by atoms with Crippen LogP contribution in [-0.4, -0.2) is 35.6 Å². The lowest BCUT2D eigenvalue weighted by Gasteiger charge is -2.20. The van der Waals surface area contributed by atoms with Crippen molar-refractivity contribution in [2.24, 2.45) is 5.92 Å². The highest BCUT2D eigenvalue weighted by atomic mass is 19.4. The van der Waals surface area contributed by atoms with Gasteiger partial charge in [0.2, 0.25) is 0 Å². The van der Waals surface area contributed by atoms with E-state index in [1.807, 2.05) is 0 Å². The molecule has 4 nitrogen and oxygen atoms in total. The first-order valence-corrected chi connectivity index (χ1v) is 4.93. The molecule has 0 aliphatic rings.